The smallest absolute Gasteiger partial charge is 0.243 e. The zero-order valence-corrected chi connectivity index (χ0v) is 17.7. The minimum Gasteiger partial charge on any atom is -0.369 e. The summed E-state index contributed by atoms with van der Waals surface area (Å²) in [6.07, 6.45) is 0. The van der Waals surface area contributed by atoms with Crippen LogP contribution in [-0.4, -0.2) is 48.0 Å². The van der Waals surface area contributed by atoms with E-state index in [1.165, 1.54) is 22.6 Å². The fourth-order valence-corrected chi connectivity index (χ4v) is 4.29. The van der Waals surface area contributed by atoms with Gasteiger partial charge in [0.25, 0.3) is 0 Å². The Labute approximate surface area is 176 Å². The average Bonchev–Trinajstić information content (AvgIpc) is 3.23. The number of carbonyl (C=O) groups is 1. The molecule has 0 radical (unpaired) electrons. The highest BCUT2D eigenvalue weighted by Crippen LogP contribution is 2.25. The molecule has 0 spiro atoms. The van der Waals surface area contributed by atoms with E-state index < -0.39 is 0 Å². The van der Waals surface area contributed by atoms with Gasteiger partial charge < -0.3 is 10.2 Å². The molecule has 6 heteroatoms. The van der Waals surface area contributed by atoms with Gasteiger partial charge in [0.2, 0.25) is 5.91 Å². The van der Waals surface area contributed by atoms with Crippen LogP contribution in [0.3, 0.4) is 0 Å². The third-order valence-corrected chi connectivity index (χ3v) is 6.20. The lowest BCUT2D eigenvalue weighted by atomic mass is 10.1. The highest BCUT2D eigenvalue weighted by molar-refractivity contribution is 7.14. The van der Waals surface area contributed by atoms with Gasteiger partial charge in [0, 0.05) is 42.8 Å². The van der Waals surface area contributed by atoms with Crippen LogP contribution in [0.2, 0.25) is 0 Å². The standard InChI is InChI=1S/C23H26N4OS/c1-17-8-10-19(11-9-17)21-16-29-23(24-21)25-22(28)18(2)26-12-14-27(15-13-26)20-6-4-3-5-7-20/h3-11,16,18H,12-15H2,1-2H3,(H,24,25,28). The van der Waals surface area contributed by atoms with Gasteiger partial charge in [-0.3, -0.25) is 9.69 Å². The van der Waals surface area contributed by atoms with Gasteiger partial charge in [0.1, 0.15) is 0 Å². The first-order valence-corrected chi connectivity index (χ1v) is 10.9. The number of hydrogen-bond donors (Lipinski definition) is 1. The van der Waals surface area contributed by atoms with Crippen LogP contribution in [0.25, 0.3) is 11.3 Å². The zero-order valence-electron chi connectivity index (χ0n) is 16.8. The van der Waals surface area contributed by atoms with E-state index in [0.717, 1.165) is 37.4 Å². The van der Waals surface area contributed by atoms with E-state index in [-0.39, 0.29) is 11.9 Å². The molecule has 0 saturated carbocycles. The molecule has 2 aromatic carbocycles. The highest BCUT2D eigenvalue weighted by Gasteiger charge is 2.26. The molecule has 1 unspecified atom stereocenters. The molecule has 29 heavy (non-hydrogen) atoms. The number of nitrogens with one attached hydrogen (secondary N) is 1. The van der Waals surface area contributed by atoms with Crippen molar-refractivity contribution >= 4 is 28.1 Å². The van der Waals surface area contributed by atoms with Gasteiger partial charge in [0.15, 0.2) is 5.13 Å². The van der Waals surface area contributed by atoms with Crippen molar-refractivity contribution < 1.29 is 4.79 Å². The Hall–Kier alpha value is -2.70. The fraction of sp³-hybridized carbons (Fsp3) is 0.304. The number of thiazole rings is 1. The number of para-hydroxylation sites is 1. The zero-order chi connectivity index (χ0) is 20.2. The van der Waals surface area contributed by atoms with Gasteiger partial charge in [-0.05, 0) is 26.0 Å². The van der Waals surface area contributed by atoms with Crippen molar-refractivity contribution in [3.05, 3.63) is 65.5 Å². The summed E-state index contributed by atoms with van der Waals surface area (Å²) in [5.41, 5.74) is 4.43. The maximum atomic E-state index is 12.8. The van der Waals surface area contributed by atoms with Gasteiger partial charge in [-0.15, -0.1) is 11.3 Å². The number of aromatic nitrogens is 1. The lowest BCUT2D eigenvalue weighted by molar-refractivity contribution is -0.120. The van der Waals surface area contributed by atoms with Gasteiger partial charge >= 0.3 is 0 Å². The largest absolute Gasteiger partial charge is 0.369 e. The highest BCUT2D eigenvalue weighted by atomic mass is 32.1. The average molecular weight is 407 g/mol. The number of rotatable bonds is 5. The van der Waals surface area contributed by atoms with E-state index in [4.69, 9.17) is 0 Å². The molecule has 1 aliphatic heterocycles. The van der Waals surface area contributed by atoms with Crippen LogP contribution in [0.1, 0.15) is 12.5 Å². The summed E-state index contributed by atoms with van der Waals surface area (Å²) in [6, 6.07) is 18.5. The van der Waals surface area contributed by atoms with Crippen molar-refractivity contribution in [2.75, 3.05) is 36.4 Å². The Morgan fingerprint density at radius 3 is 2.41 bits per heavy atom. The normalized spacial score (nSPS) is 15.9. The second kappa shape index (κ2) is 8.76. The third kappa shape index (κ3) is 4.66. The number of nitrogens with zero attached hydrogens (tertiary/aromatic N) is 3. The van der Waals surface area contributed by atoms with Crippen LogP contribution in [-0.2, 0) is 4.79 Å². The second-order valence-electron chi connectivity index (χ2n) is 7.43. The summed E-state index contributed by atoms with van der Waals surface area (Å²) in [7, 11) is 0. The minimum atomic E-state index is -0.181. The number of benzene rings is 2. The van der Waals surface area contributed by atoms with E-state index >= 15 is 0 Å². The molecule has 1 aromatic heterocycles. The molecule has 4 rings (SSSR count). The number of anilines is 2. The quantitative estimate of drug-likeness (QED) is 0.688. The number of aryl methyl sites for hydroxylation is 1. The van der Waals surface area contributed by atoms with Gasteiger partial charge in [-0.1, -0.05) is 48.0 Å². The summed E-state index contributed by atoms with van der Waals surface area (Å²) in [6.45, 7) is 7.64. The molecule has 2 heterocycles. The minimum absolute atomic E-state index is 0.00275. The fourth-order valence-electron chi connectivity index (χ4n) is 3.57. The summed E-state index contributed by atoms with van der Waals surface area (Å²) in [5, 5.41) is 5.64. The Morgan fingerprint density at radius 2 is 1.72 bits per heavy atom. The van der Waals surface area contributed by atoms with Crippen molar-refractivity contribution in [1.29, 1.82) is 0 Å². The van der Waals surface area contributed by atoms with E-state index in [1.807, 2.05) is 18.4 Å². The van der Waals surface area contributed by atoms with Gasteiger partial charge in [-0.2, -0.15) is 0 Å². The molecule has 150 valence electrons. The van der Waals surface area contributed by atoms with E-state index in [2.05, 4.69) is 75.6 Å². The molecule has 0 bridgehead atoms. The summed E-state index contributed by atoms with van der Waals surface area (Å²) in [5.74, 6) is 0.00275. The molecule has 1 saturated heterocycles. The Balaban J connectivity index is 1.33. The lowest BCUT2D eigenvalue weighted by Crippen LogP contribution is -2.52. The van der Waals surface area contributed by atoms with Crippen LogP contribution in [0.4, 0.5) is 10.8 Å². The van der Waals surface area contributed by atoms with Crippen molar-refractivity contribution in [2.24, 2.45) is 0 Å². The monoisotopic (exact) mass is 406 g/mol. The Morgan fingerprint density at radius 1 is 1.03 bits per heavy atom. The first-order valence-electron chi connectivity index (χ1n) is 9.97. The van der Waals surface area contributed by atoms with E-state index in [1.54, 1.807) is 0 Å². The number of piperazine rings is 1. The van der Waals surface area contributed by atoms with Crippen molar-refractivity contribution in [1.82, 2.24) is 9.88 Å². The predicted octanol–water partition coefficient (Wildman–Crippen LogP) is 4.27. The predicted molar refractivity (Wildman–Crippen MR) is 121 cm³/mol. The van der Waals surface area contributed by atoms with E-state index in [0.29, 0.717) is 5.13 Å². The van der Waals surface area contributed by atoms with Crippen LogP contribution in [0, 0.1) is 6.92 Å². The van der Waals surface area contributed by atoms with E-state index in [9.17, 15) is 4.79 Å². The molecule has 3 aromatic rings. The van der Waals surface area contributed by atoms with Crippen LogP contribution in [0.15, 0.2) is 60.0 Å². The molecule has 1 fully saturated rings. The number of amides is 1. The summed E-state index contributed by atoms with van der Waals surface area (Å²) < 4.78 is 0. The molecule has 1 aliphatic rings. The topological polar surface area (TPSA) is 48.5 Å². The molecule has 1 N–H and O–H groups in total. The Bertz CT molecular complexity index is 947. The molecule has 1 atom stereocenters. The number of carbonyl (C=O) groups excluding carboxylic acids is 1. The number of hydrogen-bond acceptors (Lipinski definition) is 5. The van der Waals surface area contributed by atoms with Crippen molar-refractivity contribution in [2.45, 2.75) is 19.9 Å². The molecular formula is C23H26N4OS. The maximum absolute atomic E-state index is 12.8. The van der Waals surface area contributed by atoms with Crippen LogP contribution >= 0.6 is 11.3 Å². The lowest BCUT2D eigenvalue weighted by Gasteiger charge is -2.38. The van der Waals surface area contributed by atoms with Gasteiger partial charge in [0.05, 0.1) is 11.7 Å². The first kappa shape index (κ1) is 19.6. The molecular weight excluding hydrogens is 380 g/mol. The summed E-state index contributed by atoms with van der Waals surface area (Å²) in [4.78, 5) is 22.0. The van der Waals surface area contributed by atoms with Crippen molar-refractivity contribution in [3.63, 3.8) is 0 Å². The second-order valence-corrected chi connectivity index (χ2v) is 8.29. The summed E-state index contributed by atoms with van der Waals surface area (Å²) >= 11 is 1.47. The third-order valence-electron chi connectivity index (χ3n) is 5.44. The maximum Gasteiger partial charge on any atom is 0.243 e. The van der Waals surface area contributed by atoms with Crippen LogP contribution in [0.5, 0.6) is 0 Å². The first-order chi connectivity index (χ1) is 14.1. The Kier molecular flexibility index (Phi) is 5.92. The van der Waals surface area contributed by atoms with Crippen molar-refractivity contribution in [3.8, 4) is 11.3 Å². The molecule has 5 nitrogen and oxygen atoms in total. The molecule has 0 aliphatic carbocycles. The van der Waals surface area contributed by atoms with Crippen LogP contribution < -0.4 is 10.2 Å². The SMILES string of the molecule is Cc1ccc(-c2csc(NC(=O)C(C)N3CCN(c4ccccc4)CC3)n2)cc1. The molecule has 1 amide bonds. The van der Waals surface area contributed by atoms with Gasteiger partial charge in [-0.25, -0.2) is 4.98 Å².